The zero-order chi connectivity index (χ0) is 27.3. The summed E-state index contributed by atoms with van der Waals surface area (Å²) in [5, 5.41) is 5.60. The highest BCUT2D eigenvalue weighted by molar-refractivity contribution is 6.00. The Hall–Kier alpha value is -3.74. The highest BCUT2D eigenvalue weighted by Crippen LogP contribution is 2.36. The molecule has 0 fully saturated rings. The molecule has 0 spiro atoms. The van der Waals surface area contributed by atoms with Crippen LogP contribution in [0.15, 0.2) is 65.3 Å². The van der Waals surface area contributed by atoms with Crippen molar-refractivity contribution < 1.29 is 23.2 Å². The van der Waals surface area contributed by atoms with Crippen LogP contribution in [0.25, 0.3) is 0 Å². The number of nitrogens with one attached hydrogen (secondary N) is 2. The van der Waals surface area contributed by atoms with Crippen molar-refractivity contribution in [1.82, 2.24) is 10.6 Å². The molecule has 0 aliphatic heterocycles. The van der Waals surface area contributed by atoms with Crippen LogP contribution in [0.3, 0.4) is 0 Å². The van der Waals surface area contributed by atoms with E-state index in [9.17, 15) is 18.8 Å². The van der Waals surface area contributed by atoms with Gasteiger partial charge in [0.2, 0.25) is 5.91 Å². The molecule has 0 bridgehead atoms. The lowest BCUT2D eigenvalue weighted by Gasteiger charge is -2.30. The summed E-state index contributed by atoms with van der Waals surface area (Å²) in [5.41, 5.74) is 2.07. The maximum Gasteiger partial charge on any atom is 0.287 e. The van der Waals surface area contributed by atoms with Crippen molar-refractivity contribution in [1.29, 1.82) is 0 Å². The van der Waals surface area contributed by atoms with Gasteiger partial charge in [0, 0.05) is 5.54 Å². The van der Waals surface area contributed by atoms with E-state index in [0.717, 1.165) is 5.56 Å². The van der Waals surface area contributed by atoms with Crippen molar-refractivity contribution in [2.45, 2.75) is 64.8 Å². The number of ketones is 1. The molecule has 37 heavy (non-hydrogen) atoms. The minimum Gasteiger partial charge on any atom is -0.459 e. The van der Waals surface area contributed by atoms with Crippen molar-refractivity contribution in [3.05, 3.63) is 94.7 Å². The zero-order valence-corrected chi connectivity index (χ0v) is 22.2. The van der Waals surface area contributed by atoms with E-state index < -0.39 is 29.1 Å². The smallest absolute Gasteiger partial charge is 0.287 e. The molecule has 6 nitrogen and oxygen atoms in total. The Balaban J connectivity index is 2.07. The monoisotopic (exact) mass is 506 g/mol. The fourth-order valence-electron chi connectivity index (χ4n) is 4.23. The summed E-state index contributed by atoms with van der Waals surface area (Å²) < 4.78 is 19.3. The molecule has 1 heterocycles. The Labute approximate surface area is 217 Å². The number of benzene rings is 2. The molecule has 0 radical (unpaired) electrons. The summed E-state index contributed by atoms with van der Waals surface area (Å²) in [6.07, 6.45) is 1.37. The fraction of sp³-hybridized carbons (Fsp3) is 0.367. The van der Waals surface area contributed by atoms with E-state index in [2.05, 4.69) is 24.5 Å². The SMILES string of the molecule is Cc1cc(C(C(=O)CNC(=O)c2ccco2)C(C(=O)NC(C)(C)C)c2ccc(C(C)C)cc2)ccc1F. The lowest BCUT2D eigenvalue weighted by atomic mass is 9.77. The molecular weight excluding hydrogens is 471 g/mol. The van der Waals surface area contributed by atoms with Crippen LogP contribution in [-0.4, -0.2) is 29.7 Å². The molecule has 7 heteroatoms. The second-order valence-electron chi connectivity index (χ2n) is 10.7. The molecule has 0 saturated carbocycles. The largest absolute Gasteiger partial charge is 0.459 e. The molecule has 196 valence electrons. The summed E-state index contributed by atoms with van der Waals surface area (Å²) in [4.78, 5) is 39.9. The minimum atomic E-state index is -0.969. The normalized spacial score (nSPS) is 13.2. The molecule has 0 aliphatic rings. The van der Waals surface area contributed by atoms with Gasteiger partial charge in [-0.2, -0.15) is 0 Å². The van der Waals surface area contributed by atoms with Gasteiger partial charge in [0.25, 0.3) is 5.91 Å². The van der Waals surface area contributed by atoms with Crippen LogP contribution in [0.1, 0.15) is 85.2 Å². The van der Waals surface area contributed by atoms with Crippen LogP contribution >= 0.6 is 0 Å². The van der Waals surface area contributed by atoms with Crippen LogP contribution < -0.4 is 10.6 Å². The zero-order valence-electron chi connectivity index (χ0n) is 22.2. The quantitative estimate of drug-likeness (QED) is 0.394. The van der Waals surface area contributed by atoms with E-state index in [0.29, 0.717) is 22.6 Å². The highest BCUT2D eigenvalue weighted by atomic mass is 19.1. The molecular formula is C30H35FN2O4. The van der Waals surface area contributed by atoms with Crippen molar-refractivity contribution in [2.24, 2.45) is 0 Å². The van der Waals surface area contributed by atoms with Gasteiger partial charge in [0.05, 0.1) is 24.6 Å². The summed E-state index contributed by atoms with van der Waals surface area (Å²) in [6.45, 7) is 11.0. The summed E-state index contributed by atoms with van der Waals surface area (Å²) in [5.74, 6) is -3.15. The van der Waals surface area contributed by atoms with Crippen LogP contribution in [-0.2, 0) is 9.59 Å². The van der Waals surface area contributed by atoms with Crippen LogP contribution in [0.2, 0.25) is 0 Å². The number of amides is 2. The van der Waals surface area contributed by atoms with Gasteiger partial charge in [0.15, 0.2) is 11.5 Å². The lowest BCUT2D eigenvalue weighted by molar-refractivity contribution is -0.129. The van der Waals surface area contributed by atoms with E-state index in [1.807, 2.05) is 45.0 Å². The second kappa shape index (κ2) is 11.5. The third-order valence-electron chi connectivity index (χ3n) is 6.13. The van der Waals surface area contributed by atoms with Gasteiger partial charge in [-0.25, -0.2) is 4.39 Å². The predicted molar refractivity (Wildman–Crippen MR) is 141 cm³/mol. The average molecular weight is 507 g/mol. The van der Waals surface area contributed by atoms with Crippen molar-refractivity contribution >= 4 is 17.6 Å². The molecule has 3 aromatic rings. The van der Waals surface area contributed by atoms with Crippen LogP contribution in [0, 0.1) is 12.7 Å². The second-order valence-corrected chi connectivity index (χ2v) is 10.7. The Morgan fingerprint density at radius 1 is 0.919 bits per heavy atom. The molecule has 2 aromatic carbocycles. The fourth-order valence-corrected chi connectivity index (χ4v) is 4.23. The molecule has 2 amide bonds. The molecule has 0 saturated heterocycles. The van der Waals surface area contributed by atoms with Crippen molar-refractivity contribution in [2.75, 3.05) is 6.54 Å². The third kappa shape index (κ3) is 7.15. The first-order chi connectivity index (χ1) is 17.4. The maximum absolute atomic E-state index is 14.2. The molecule has 2 atom stereocenters. The van der Waals surface area contributed by atoms with Crippen LogP contribution in [0.4, 0.5) is 4.39 Å². The number of hydrogen-bond acceptors (Lipinski definition) is 4. The van der Waals surface area contributed by atoms with Gasteiger partial charge in [-0.15, -0.1) is 0 Å². The Bertz CT molecular complexity index is 1240. The lowest BCUT2D eigenvalue weighted by Crippen LogP contribution is -2.46. The van der Waals surface area contributed by atoms with Crippen molar-refractivity contribution in [3.8, 4) is 0 Å². The third-order valence-corrected chi connectivity index (χ3v) is 6.13. The molecule has 2 unspecified atom stereocenters. The number of rotatable bonds is 9. The van der Waals surface area contributed by atoms with Gasteiger partial charge in [-0.05, 0) is 74.1 Å². The summed E-state index contributed by atoms with van der Waals surface area (Å²) in [6, 6.07) is 15.1. The maximum atomic E-state index is 14.2. The van der Waals surface area contributed by atoms with Gasteiger partial charge in [-0.1, -0.05) is 50.2 Å². The van der Waals surface area contributed by atoms with E-state index in [-0.39, 0.29) is 24.0 Å². The van der Waals surface area contributed by atoms with E-state index in [4.69, 9.17) is 4.42 Å². The molecule has 3 rings (SSSR count). The van der Waals surface area contributed by atoms with E-state index in [1.165, 1.54) is 24.5 Å². The van der Waals surface area contributed by atoms with Gasteiger partial charge >= 0.3 is 0 Å². The number of aryl methyl sites for hydroxylation is 1. The number of carbonyl (C=O) groups excluding carboxylic acids is 3. The minimum absolute atomic E-state index is 0.0771. The molecule has 1 aromatic heterocycles. The van der Waals surface area contributed by atoms with E-state index in [1.54, 1.807) is 19.1 Å². The standard InChI is InChI=1S/C30H35FN2O4/c1-18(2)20-9-11-21(12-10-20)27(29(36)33-30(4,5)6)26(22-13-14-23(31)19(3)16-22)24(34)17-32-28(35)25-8-7-15-37-25/h7-16,18,26-27H,17H2,1-6H3,(H,32,35)(H,33,36). The number of halogens is 1. The number of Topliss-reactive ketones (excluding diaryl/α,β-unsaturated/α-hetero) is 1. The Morgan fingerprint density at radius 3 is 2.08 bits per heavy atom. The highest BCUT2D eigenvalue weighted by Gasteiger charge is 2.37. The first-order valence-electron chi connectivity index (χ1n) is 12.4. The topological polar surface area (TPSA) is 88.4 Å². The predicted octanol–water partition coefficient (Wildman–Crippen LogP) is 5.63. The Morgan fingerprint density at radius 2 is 1.54 bits per heavy atom. The first-order valence-corrected chi connectivity index (χ1v) is 12.4. The summed E-state index contributed by atoms with van der Waals surface area (Å²) in [7, 11) is 0. The number of carbonyl (C=O) groups is 3. The van der Waals surface area contributed by atoms with Crippen LogP contribution in [0.5, 0.6) is 0 Å². The first kappa shape index (κ1) is 27.8. The van der Waals surface area contributed by atoms with Gasteiger partial charge < -0.3 is 15.1 Å². The number of furan rings is 1. The molecule has 2 N–H and O–H groups in total. The summed E-state index contributed by atoms with van der Waals surface area (Å²) >= 11 is 0. The molecule has 0 aliphatic carbocycles. The Kier molecular flexibility index (Phi) is 8.69. The van der Waals surface area contributed by atoms with Gasteiger partial charge in [0.1, 0.15) is 5.82 Å². The number of hydrogen-bond donors (Lipinski definition) is 2. The van der Waals surface area contributed by atoms with Crippen molar-refractivity contribution in [3.63, 3.8) is 0 Å². The average Bonchev–Trinajstić information content (AvgIpc) is 3.37. The van der Waals surface area contributed by atoms with E-state index >= 15 is 0 Å². The van der Waals surface area contributed by atoms with Gasteiger partial charge in [-0.3, -0.25) is 14.4 Å².